The number of methoxy groups -OCH3 is 1. The van der Waals surface area contributed by atoms with Crippen LogP contribution in [-0.2, 0) is 4.74 Å². The Hall–Kier alpha value is -0.0800. The van der Waals surface area contributed by atoms with E-state index < -0.39 is 0 Å². The van der Waals surface area contributed by atoms with Gasteiger partial charge < -0.3 is 10.1 Å². The van der Waals surface area contributed by atoms with Gasteiger partial charge in [0.25, 0.3) is 0 Å². The van der Waals surface area contributed by atoms with Gasteiger partial charge >= 0.3 is 0 Å². The van der Waals surface area contributed by atoms with Gasteiger partial charge in [0.15, 0.2) is 0 Å². The summed E-state index contributed by atoms with van der Waals surface area (Å²) in [4.78, 5) is 0. The van der Waals surface area contributed by atoms with Gasteiger partial charge in [0.1, 0.15) is 0 Å². The quantitative estimate of drug-likeness (QED) is 0.721. The summed E-state index contributed by atoms with van der Waals surface area (Å²) < 4.78 is 5.42. The molecule has 2 heteroatoms. The number of hydrogen-bond acceptors (Lipinski definition) is 2. The van der Waals surface area contributed by atoms with Crippen LogP contribution in [0, 0.1) is 23.7 Å². The molecule has 112 valence electrons. The molecule has 0 aromatic rings. The van der Waals surface area contributed by atoms with Crippen molar-refractivity contribution in [1.29, 1.82) is 0 Å². The highest BCUT2D eigenvalue weighted by Gasteiger charge is 2.34. The lowest BCUT2D eigenvalue weighted by molar-refractivity contribution is 0.0635. The maximum Gasteiger partial charge on any atom is 0.0490 e. The SMILES string of the molecule is CCCC1CCC(CNC2CC2)C(C(C)COC)C1. The second-order valence-electron chi connectivity index (χ2n) is 7.01. The average molecular weight is 267 g/mol. The summed E-state index contributed by atoms with van der Waals surface area (Å²) >= 11 is 0. The zero-order valence-electron chi connectivity index (χ0n) is 13.2. The Morgan fingerprint density at radius 2 is 2.00 bits per heavy atom. The van der Waals surface area contributed by atoms with Gasteiger partial charge in [0.05, 0.1) is 0 Å². The highest BCUT2D eigenvalue weighted by Crippen LogP contribution is 2.40. The summed E-state index contributed by atoms with van der Waals surface area (Å²) in [7, 11) is 1.85. The fraction of sp³-hybridized carbons (Fsp3) is 1.00. The number of rotatable bonds is 8. The van der Waals surface area contributed by atoms with Crippen LogP contribution in [-0.4, -0.2) is 26.3 Å². The van der Waals surface area contributed by atoms with Crippen LogP contribution >= 0.6 is 0 Å². The van der Waals surface area contributed by atoms with Gasteiger partial charge in [0.2, 0.25) is 0 Å². The number of nitrogens with one attached hydrogen (secondary N) is 1. The Morgan fingerprint density at radius 3 is 2.63 bits per heavy atom. The van der Waals surface area contributed by atoms with Gasteiger partial charge in [-0.1, -0.05) is 33.1 Å². The standard InChI is InChI=1S/C17H33NO/c1-4-5-14-6-7-15(11-18-16-8-9-16)17(10-14)13(2)12-19-3/h13-18H,4-12H2,1-3H3. The van der Waals surface area contributed by atoms with Gasteiger partial charge in [-0.3, -0.25) is 0 Å². The van der Waals surface area contributed by atoms with Crippen molar-refractivity contribution in [2.24, 2.45) is 23.7 Å². The van der Waals surface area contributed by atoms with Crippen LogP contribution in [0.3, 0.4) is 0 Å². The summed E-state index contributed by atoms with van der Waals surface area (Å²) in [5.74, 6) is 3.46. The molecule has 4 atom stereocenters. The lowest BCUT2D eigenvalue weighted by atomic mass is 9.68. The van der Waals surface area contributed by atoms with Crippen LogP contribution in [0.4, 0.5) is 0 Å². The van der Waals surface area contributed by atoms with E-state index in [1.54, 1.807) is 0 Å². The first-order chi connectivity index (χ1) is 9.24. The van der Waals surface area contributed by atoms with Crippen LogP contribution in [0.5, 0.6) is 0 Å². The summed E-state index contributed by atoms with van der Waals surface area (Å²) in [6.07, 6.45) is 9.92. The largest absolute Gasteiger partial charge is 0.384 e. The lowest BCUT2D eigenvalue weighted by Gasteiger charge is -2.39. The van der Waals surface area contributed by atoms with Crippen molar-refractivity contribution >= 4 is 0 Å². The van der Waals surface area contributed by atoms with Gasteiger partial charge in [0, 0.05) is 19.8 Å². The predicted octanol–water partition coefficient (Wildman–Crippen LogP) is 3.85. The second-order valence-corrected chi connectivity index (χ2v) is 7.01. The molecular weight excluding hydrogens is 234 g/mol. The van der Waals surface area contributed by atoms with Crippen LogP contribution in [0.1, 0.15) is 58.8 Å². The summed E-state index contributed by atoms with van der Waals surface area (Å²) in [6.45, 7) is 6.91. The Kier molecular flexibility index (Phi) is 6.15. The maximum absolute atomic E-state index is 5.42. The van der Waals surface area contributed by atoms with Crippen molar-refractivity contribution < 1.29 is 4.74 Å². The highest BCUT2D eigenvalue weighted by molar-refractivity contribution is 4.87. The minimum Gasteiger partial charge on any atom is -0.384 e. The van der Waals surface area contributed by atoms with Crippen LogP contribution in [0.2, 0.25) is 0 Å². The smallest absolute Gasteiger partial charge is 0.0490 e. The van der Waals surface area contributed by atoms with Gasteiger partial charge in [-0.05, 0) is 55.9 Å². The molecule has 0 amide bonds. The topological polar surface area (TPSA) is 21.3 Å². The molecule has 2 nitrogen and oxygen atoms in total. The third-order valence-corrected chi connectivity index (χ3v) is 5.26. The predicted molar refractivity (Wildman–Crippen MR) is 81.3 cm³/mol. The summed E-state index contributed by atoms with van der Waals surface area (Å²) in [5.41, 5.74) is 0. The van der Waals surface area contributed by atoms with E-state index >= 15 is 0 Å². The molecule has 2 aliphatic carbocycles. The van der Waals surface area contributed by atoms with E-state index in [0.717, 1.165) is 36.3 Å². The van der Waals surface area contributed by atoms with E-state index in [9.17, 15) is 0 Å². The summed E-state index contributed by atoms with van der Waals surface area (Å²) in [5, 5.41) is 3.76. The van der Waals surface area contributed by atoms with E-state index in [4.69, 9.17) is 4.74 Å². The van der Waals surface area contributed by atoms with E-state index in [0.29, 0.717) is 0 Å². The fourth-order valence-corrected chi connectivity index (χ4v) is 3.97. The van der Waals surface area contributed by atoms with Crippen molar-refractivity contribution in [2.75, 3.05) is 20.3 Å². The molecule has 1 N–H and O–H groups in total. The summed E-state index contributed by atoms with van der Waals surface area (Å²) in [6, 6.07) is 0.853. The molecule has 2 rings (SSSR count). The molecule has 2 fully saturated rings. The van der Waals surface area contributed by atoms with E-state index in [2.05, 4.69) is 19.2 Å². The molecule has 2 saturated carbocycles. The monoisotopic (exact) mass is 267 g/mol. The first-order valence-electron chi connectivity index (χ1n) is 8.46. The van der Waals surface area contributed by atoms with Crippen LogP contribution < -0.4 is 5.32 Å². The third-order valence-electron chi connectivity index (χ3n) is 5.26. The van der Waals surface area contributed by atoms with Crippen molar-refractivity contribution in [2.45, 2.75) is 64.8 Å². The van der Waals surface area contributed by atoms with Crippen LogP contribution in [0.25, 0.3) is 0 Å². The third kappa shape index (κ3) is 4.75. The van der Waals surface area contributed by atoms with Crippen LogP contribution in [0.15, 0.2) is 0 Å². The molecule has 2 aliphatic rings. The number of ether oxygens (including phenoxy) is 1. The van der Waals surface area contributed by atoms with Crippen molar-refractivity contribution in [3.63, 3.8) is 0 Å². The number of hydrogen-bond donors (Lipinski definition) is 1. The molecule has 19 heavy (non-hydrogen) atoms. The molecule has 0 aliphatic heterocycles. The molecule has 0 aromatic carbocycles. The van der Waals surface area contributed by atoms with Crippen molar-refractivity contribution in [3.8, 4) is 0 Å². The zero-order valence-corrected chi connectivity index (χ0v) is 13.2. The first-order valence-corrected chi connectivity index (χ1v) is 8.46. The Bertz CT molecular complexity index is 252. The Morgan fingerprint density at radius 1 is 1.21 bits per heavy atom. The second kappa shape index (κ2) is 7.64. The van der Waals surface area contributed by atoms with Gasteiger partial charge in [-0.25, -0.2) is 0 Å². The average Bonchev–Trinajstić information content (AvgIpc) is 3.22. The minimum absolute atomic E-state index is 0.718. The molecule has 0 aromatic heterocycles. The highest BCUT2D eigenvalue weighted by atomic mass is 16.5. The normalized spacial score (nSPS) is 33.3. The van der Waals surface area contributed by atoms with E-state index in [1.165, 1.54) is 51.5 Å². The first kappa shape index (κ1) is 15.3. The zero-order chi connectivity index (χ0) is 13.7. The molecule has 4 unspecified atom stereocenters. The molecule has 0 spiro atoms. The van der Waals surface area contributed by atoms with Crippen molar-refractivity contribution in [1.82, 2.24) is 5.32 Å². The maximum atomic E-state index is 5.42. The van der Waals surface area contributed by atoms with Gasteiger partial charge in [-0.15, -0.1) is 0 Å². The Balaban J connectivity index is 1.86. The Labute approximate surface area is 119 Å². The van der Waals surface area contributed by atoms with Gasteiger partial charge in [-0.2, -0.15) is 0 Å². The van der Waals surface area contributed by atoms with E-state index in [-0.39, 0.29) is 0 Å². The molecule has 0 bridgehead atoms. The molecular formula is C17H33NO. The molecule has 0 radical (unpaired) electrons. The molecule has 0 saturated heterocycles. The minimum atomic E-state index is 0.718. The fourth-order valence-electron chi connectivity index (χ4n) is 3.97. The van der Waals surface area contributed by atoms with E-state index in [1.807, 2.05) is 7.11 Å². The molecule has 0 heterocycles. The van der Waals surface area contributed by atoms with Crippen molar-refractivity contribution in [3.05, 3.63) is 0 Å². The lowest BCUT2D eigenvalue weighted by Crippen LogP contribution is -2.38.